The zero-order valence-corrected chi connectivity index (χ0v) is 11.1. The molecule has 0 spiro atoms. The predicted octanol–water partition coefficient (Wildman–Crippen LogP) is 3.90. The van der Waals surface area contributed by atoms with E-state index in [0.717, 1.165) is 0 Å². The summed E-state index contributed by atoms with van der Waals surface area (Å²) in [5, 5.41) is 2.56. The maximum Gasteiger partial charge on any atom is 0.412 e. The van der Waals surface area contributed by atoms with E-state index in [1.807, 2.05) is 27.7 Å². The molecule has 1 aliphatic rings. The van der Waals surface area contributed by atoms with Crippen molar-refractivity contribution < 1.29 is 13.9 Å². The van der Waals surface area contributed by atoms with E-state index in [9.17, 15) is 9.18 Å². The van der Waals surface area contributed by atoms with Crippen molar-refractivity contribution in [1.29, 1.82) is 0 Å². The molecule has 1 N–H and O–H groups in total. The number of hydrogen-bond acceptors (Lipinski definition) is 2. The highest BCUT2D eigenvalue weighted by molar-refractivity contribution is 5.89. The van der Waals surface area contributed by atoms with Crippen LogP contribution in [0.1, 0.15) is 33.3 Å². The summed E-state index contributed by atoms with van der Waals surface area (Å²) in [6.07, 6.45) is -0.518. The Labute approximate surface area is 106 Å². The lowest BCUT2D eigenvalue weighted by Crippen LogP contribution is -2.47. The normalized spacial score (nSPS) is 17.4. The molecule has 3 nitrogen and oxygen atoms in total. The fourth-order valence-corrected chi connectivity index (χ4v) is 2.85. The molecule has 4 heteroatoms. The van der Waals surface area contributed by atoms with Gasteiger partial charge in [0.15, 0.2) is 0 Å². The standard InChI is InChI=1S/C14H18FNO2/c1-8(2)14(9(3)4)12-10(15)6-5-7-11(12)16-13(17)18-14/h5-9H,1-4H3,(H,16,17). The van der Waals surface area contributed by atoms with Crippen molar-refractivity contribution in [1.82, 2.24) is 0 Å². The fourth-order valence-electron chi connectivity index (χ4n) is 2.85. The number of fused-ring (bicyclic) bond motifs is 1. The minimum Gasteiger partial charge on any atom is -0.437 e. The second-order valence-electron chi connectivity index (χ2n) is 5.28. The van der Waals surface area contributed by atoms with E-state index in [4.69, 9.17) is 4.74 Å². The topological polar surface area (TPSA) is 38.3 Å². The van der Waals surface area contributed by atoms with Gasteiger partial charge in [-0.3, -0.25) is 5.32 Å². The van der Waals surface area contributed by atoms with Crippen LogP contribution in [0.4, 0.5) is 14.9 Å². The highest BCUT2D eigenvalue weighted by Crippen LogP contribution is 2.47. The number of rotatable bonds is 2. The molecule has 0 unspecified atom stereocenters. The van der Waals surface area contributed by atoms with E-state index in [1.165, 1.54) is 6.07 Å². The van der Waals surface area contributed by atoms with Crippen molar-refractivity contribution in [2.45, 2.75) is 33.3 Å². The van der Waals surface area contributed by atoms with Gasteiger partial charge in [-0.2, -0.15) is 0 Å². The van der Waals surface area contributed by atoms with Crippen LogP contribution in [-0.4, -0.2) is 6.09 Å². The number of carbonyl (C=O) groups excluding carboxylic acids is 1. The number of ether oxygens (including phenoxy) is 1. The zero-order chi connectivity index (χ0) is 13.5. The second kappa shape index (κ2) is 4.26. The smallest absolute Gasteiger partial charge is 0.412 e. The lowest BCUT2D eigenvalue weighted by Gasteiger charge is -2.44. The summed E-state index contributed by atoms with van der Waals surface area (Å²) in [5.41, 5.74) is 0.0477. The molecule has 0 atom stereocenters. The summed E-state index contributed by atoms with van der Waals surface area (Å²) in [5.74, 6) is -0.367. The highest BCUT2D eigenvalue weighted by Gasteiger charge is 2.49. The van der Waals surface area contributed by atoms with Crippen LogP contribution in [0.5, 0.6) is 0 Å². The van der Waals surface area contributed by atoms with Crippen LogP contribution in [0.25, 0.3) is 0 Å². The summed E-state index contributed by atoms with van der Waals surface area (Å²) in [7, 11) is 0. The molecule has 0 aliphatic carbocycles. The SMILES string of the molecule is CC(C)C1(C(C)C)OC(=O)Nc2cccc(F)c21. The quantitative estimate of drug-likeness (QED) is 0.865. The van der Waals surface area contributed by atoms with E-state index in [0.29, 0.717) is 11.3 Å². The Morgan fingerprint density at radius 2 is 1.83 bits per heavy atom. The number of hydrogen-bond donors (Lipinski definition) is 1. The molecular weight excluding hydrogens is 233 g/mol. The maximum absolute atomic E-state index is 14.2. The van der Waals surface area contributed by atoms with Crippen LogP contribution in [-0.2, 0) is 10.3 Å². The Morgan fingerprint density at radius 3 is 2.39 bits per heavy atom. The molecule has 1 heterocycles. The summed E-state index contributed by atoms with van der Waals surface area (Å²) < 4.78 is 19.7. The van der Waals surface area contributed by atoms with Gasteiger partial charge in [-0.25, -0.2) is 9.18 Å². The van der Waals surface area contributed by atoms with Crippen LogP contribution in [0, 0.1) is 17.7 Å². The fraction of sp³-hybridized carbons (Fsp3) is 0.500. The monoisotopic (exact) mass is 251 g/mol. The Bertz CT molecular complexity index is 475. The van der Waals surface area contributed by atoms with E-state index in [2.05, 4.69) is 5.32 Å². The third-order valence-electron chi connectivity index (χ3n) is 3.62. The number of carbonyl (C=O) groups is 1. The van der Waals surface area contributed by atoms with Crippen molar-refractivity contribution in [3.63, 3.8) is 0 Å². The molecule has 0 bridgehead atoms. The Hall–Kier alpha value is -1.58. The molecule has 0 saturated heterocycles. The van der Waals surface area contributed by atoms with E-state index in [-0.39, 0.29) is 17.7 Å². The lowest BCUT2D eigenvalue weighted by atomic mass is 9.73. The van der Waals surface area contributed by atoms with Gasteiger partial charge in [-0.1, -0.05) is 33.8 Å². The van der Waals surface area contributed by atoms with Gasteiger partial charge in [0, 0.05) is 0 Å². The van der Waals surface area contributed by atoms with Gasteiger partial charge in [0.05, 0.1) is 11.3 Å². The zero-order valence-electron chi connectivity index (χ0n) is 11.1. The molecule has 1 aromatic carbocycles. The molecule has 18 heavy (non-hydrogen) atoms. The van der Waals surface area contributed by atoms with Crippen LogP contribution < -0.4 is 5.32 Å². The third-order valence-corrected chi connectivity index (χ3v) is 3.62. The van der Waals surface area contributed by atoms with Crippen molar-refractivity contribution in [3.8, 4) is 0 Å². The molecule has 1 aromatic rings. The number of benzene rings is 1. The first kappa shape index (κ1) is 12.9. The van der Waals surface area contributed by atoms with Gasteiger partial charge in [0.2, 0.25) is 0 Å². The van der Waals surface area contributed by atoms with Gasteiger partial charge in [0.25, 0.3) is 0 Å². The molecule has 0 fully saturated rings. The van der Waals surface area contributed by atoms with E-state index < -0.39 is 11.7 Å². The Kier molecular flexibility index (Phi) is 3.05. The van der Waals surface area contributed by atoms with Crippen molar-refractivity contribution in [2.75, 3.05) is 5.32 Å². The number of nitrogens with one attached hydrogen (secondary N) is 1. The summed E-state index contributed by atoms with van der Waals surface area (Å²) in [6, 6.07) is 4.70. The number of halogens is 1. The Morgan fingerprint density at radius 1 is 1.22 bits per heavy atom. The van der Waals surface area contributed by atoms with Crippen LogP contribution >= 0.6 is 0 Å². The molecule has 0 saturated carbocycles. The molecule has 1 amide bonds. The predicted molar refractivity (Wildman–Crippen MR) is 67.9 cm³/mol. The van der Waals surface area contributed by atoms with Gasteiger partial charge < -0.3 is 4.74 Å². The molecular formula is C14H18FNO2. The van der Waals surface area contributed by atoms with Crippen molar-refractivity contribution in [2.24, 2.45) is 11.8 Å². The van der Waals surface area contributed by atoms with Crippen LogP contribution in [0.2, 0.25) is 0 Å². The van der Waals surface area contributed by atoms with Gasteiger partial charge >= 0.3 is 6.09 Å². The lowest BCUT2D eigenvalue weighted by molar-refractivity contribution is -0.0654. The number of cyclic esters (lactones) is 1. The molecule has 0 radical (unpaired) electrons. The number of anilines is 1. The van der Waals surface area contributed by atoms with Crippen molar-refractivity contribution >= 4 is 11.8 Å². The summed E-state index contributed by atoms with van der Waals surface area (Å²) >= 11 is 0. The van der Waals surface area contributed by atoms with Crippen LogP contribution in [0.15, 0.2) is 18.2 Å². The second-order valence-corrected chi connectivity index (χ2v) is 5.28. The van der Waals surface area contributed by atoms with E-state index in [1.54, 1.807) is 12.1 Å². The molecule has 2 rings (SSSR count). The third kappa shape index (κ3) is 1.67. The average molecular weight is 251 g/mol. The first-order chi connectivity index (χ1) is 8.39. The minimum atomic E-state index is -0.914. The van der Waals surface area contributed by atoms with Crippen LogP contribution in [0.3, 0.4) is 0 Å². The molecule has 0 aromatic heterocycles. The maximum atomic E-state index is 14.2. The molecule has 1 aliphatic heterocycles. The van der Waals surface area contributed by atoms with Gasteiger partial charge in [-0.15, -0.1) is 0 Å². The first-order valence-corrected chi connectivity index (χ1v) is 6.18. The van der Waals surface area contributed by atoms with Gasteiger partial charge in [-0.05, 0) is 24.0 Å². The first-order valence-electron chi connectivity index (χ1n) is 6.18. The number of amides is 1. The summed E-state index contributed by atoms with van der Waals surface area (Å²) in [4.78, 5) is 11.7. The largest absolute Gasteiger partial charge is 0.437 e. The molecule has 98 valence electrons. The highest BCUT2D eigenvalue weighted by atomic mass is 19.1. The Balaban J connectivity index is 2.73. The van der Waals surface area contributed by atoms with Gasteiger partial charge in [0.1, 0.15) is 11.4 Å². The minimum absolute atomic E-state index is 0.0146. The average Bonchev–Trinajstić information content (AvgIpc) is 2.26. The van der Waals surface area contributed by atoms with E-state index >= 15 is 0 Å². The summed E-state index contributed by atoms with van der Waals surface area (Å²) in [6.45, 7) is 7.76. The van der Waals surface area contributed by atoms with Crippen molar-refractivity contribution in [3.05, 3.63) is 29.6 Å².